The van der Waals surface area contributed by atoms with Crippen molar-refractivity contribution in [3.63, 3.8) is 0 Å². The molecule has 1 saturated heterocycles. The van der Waals surface area contributed by atoms with Gasteiger partial charge in [-0.1, -0.05) is 36.8 Å². The predicted octanol–water partition coefficient (Wildman–Crippen LogP) is 3.73. The smallest absolute Gasteiger partial charge is 0.320 e. The standard InChI is InChI=1S/C21H25NO4/c1-25-16-12-10-15(11-13-16)20(17-7-3-4-9-19(17)26-2)22-14-6-5-8-18(22)21(23)24/h3-4,7,9-13,18,20H,5-6,8,14H2,1-2H3,(H,23,24). The van der Waals surface area contributed by atoms with Crippen molar-refractivity contribution in [2.75, 3.05) is 20.8 Å². The van der Waals surface area contributed by atoms with Crippen molar-refractivity contribution >= 4 is 5.97 Å². The number of carbonyl (C=O) groups is 1. The van der Waals surface area contributed by atoms with E-state index in [1.54, 1.807) is 14.2 Å². The summed E-state index contributed by atoms with van der Waals surface area (Å²) in [6.45, 7) is 0.742. The minimum Gasteiger partial charge on any atom is -0.497 e. The summed E-state index contributed by atoms with van der Waals surface area (Å²) in [5, 5.41) is 9.77. The van der Waals surface area contributed by atoms with E-state index in [4.69, 9.17) is 9.47 Å². The van der Waals surface area contributed by atoms with Crippen LogP contribution in [0.3, 0.4) is 0 Å². The van der Waals surface area contributed by atoms with Crippen molar-refractivity contribution in [2.45, 2.75) is 31.3 Å². The third-order valence-corrected chi connectivity index (χ3v) is 5.03. The van der Waals surface area contributed by atoms with Gasteiger partial charge in [0, 0.05) is 5.56 Å². The summed E-state index contributed by atoms with van der Waals surface area (Å²) < 4.78 is 10.9. The van der Waals surface area contributed by atoms with Crippen LogP contribution in [0.4, 0.5) is 0 Å². The highest BCUT2D eigenvalue weighted by Gasteiger charge is 2.36. The van der Waals surface area contributed by atoms with Crippen molar-refractivity contribution in [1.29, 1.82) is 0 Å². The zero-order chi connectivity index (χ0) is 18.5. The Labute approximate surface area is 154 Å². The fourth-order valence-corrected chi connectivity index (χ4v) is 3.76. The maximum absolute atomic E-state index is 11.9. The Bertz CT molecular complexity index is 744. The number of rotatable bonds is 6. The fourth-order valence-electron chi connectivity index (χ4n) is 3.76. The summed E-state index contributed by atoms with van der Waals surface area (Å²) in [5.74, 6) is 0.780. The van der Waals surface area contributed by atoms with E-state index in [1.165, 1.54) is 0 Å². The van der Waals surface area contributed by atoms with Crippen molar-refractivity contribution in [3.05, 3.63) is 59.7 Å². The minimum absolute atomic E-state index is 0.182. The van der Waals surface area contributed by atoms with Gasteiger partial charge in [-0.25, -0.2) is 0 Å². The summed E-state index contributed by atoms with van der Waals surface area (Å²) in [7, 11) is 3.28. The molecule has 5 heteroatoms. The first kappa shape index (κ1) is 18.3. The molecule has 2 aromatic carbocycles. The Hall–Kier alpha value is -2.53. The van der Waals surface area contributed by atoms with E-state index >= 15 is 0 Å². The van der Waals surface area contributed by atoms with Crippen LogP contribution in [0.15, 0.2) is 48.5 Å². The van der Waals surface area contributed by atoms with Crippen molar-refractivity contribution in [3.8, 4) is 11.5 Å². The van der Waals surface area contributed by atoms with Crippen LogP contribution >= 0.6 is 0 Å². The number of carboxylic acids is 1. The number of hydrogen-bond donors (Lipinski definition) is 1. The quantitative estimate of drug-likeness (QED) is 0.855. The zero-order valence-electron chi connectivity index (χ0n) is 15.2. The number of hydrogen-bond acceptors (Lipinski definition) is 4. The van der Waals surface area contributed by atoms with Gasteiger partial charge in [-0.2, -0.15) is 0 Å². The average Bonchev–Trinajstić information content (AvgIpc) is 2.69. The Morgan fingerprint density at radius 3 is 2.46 bits per heavy atom. The topological polar surface area (TPSA) is 59.0 Å². The third kappa shape index (κ3) is 3.68. The molecule has 0 aliphatic carbocycles. The Kier molecular flexibility index (Phi) is 5.78. The number of ether oxygens (including phenoxy) is 2. The number of nitrogens with zero attached hydrogens (tertiary/aromatic N) is 1. The van der Waals surface area contributed by atoms with Gasteiger partial charge in [0.25, 0.3) is 0 Å². The Morgan fingerprint density at radius 1 is 1.08 bits per heavy atom. The zero-order valence-corrected chi connectivity index (χ0v) is 15.2. The van der Waals surface area contributed by atoms with Gasteiger partial charge >= 0.3 is 5.97 Å². The van der Waals surface area contributed by atoms with Gasteiger partial charge in [0.05, 0.1) is 20.3 Å². The van der Waals surface area contributed by atoms with Crippen LogP contribution in [0.2, 0.25) is 0 Å². The molecular formula is C21H25NO4. The molecule has 0 amide bonds. The Morgan fingerprint density at radius 2 is 1.81 bits per heavy atom. The summed E-state index contributed by atoms with van der Waals surface area (Å²) in [6.07, 6.45) is 2.59. The lowest BCUT2D eigenvalue weighted by atomic mass is 9.91. The second-order valence-electron chi connectivity index (χ2n) is 6.51. The van der Waals surface area contributed by atoms with Crippen LogP contribution in [-0.4, -0.2) is 42.8 Å². The van der Waals surface area contributed by atoms with Crippen LogP contribution in [-0.2, 0) is 4.79 Å². The molecule has 1 fully saturated rings. The molecule has 0 saturated carbocycles. The van der Waals surface area contributed by atoms with Crippen molar-refractivity contribution in [1.82, 2.24) is 4.90 Å². The van der Waals surface area contributed by atoms with Gasteiger partial charge in [0.2, 0.25) is 0 Å². The lowest BCUT2D eigenvalue weighted by molar-refractivity contribution is -0.145. The van der Waals surface area contributed by atoms with E-state index in [0.717, 1.165) is 42.0 Å². The van der Waals surface area contributed by atoms with Gasteiger partial charge in [-0.15, -0.1) is 0 Å². The summed E-state index contributed by atoms with van der Waals surface area (Å²) in [5.41, 5.74) is 2.01. The van der Waals surface area contributed by atoms with E-state index in [-0.39, 0.29) is 6.04 Å². The first-order chi connectivity index (χ1) is 12.7. The molecule has 0 spiro atoms. The lowest BCUT2D eigenvalue weighted by Crippen LogP contribution is -2.46. The van der Waals surface area contributed by atoms with Crippen LogP contribution < -0.4 is 9.47 Å². The monoisotopic (exact) mass is 355 g/mol. The number of benzene rings is 2. The predicted molar refractivity (Wildman–Crippen MR) is 99.8 cm³/mol. The molecule has 138 valence electrons. The van der Waals surface area contributed by atoms with Gasteiger partial charge in [-0.05, 0) is 43.1 Å². The van der Waals surface area contributed by atoms with Crippen molar-refractivity contribution in [2.24, 2.45) is 0 Å². The molecule has 5 nitrogen and oxygen atoms in total. The summed E-state index contributed by atoms with van der Waals surface area (Å²) >= 11 is 0. The molecule has 0 aromatic heterocycles. The number of carboxylic acid groups (broad SMARTS) is 1. The molecule has 1 N–H and O–H groups in total. The molecule has 2 atom stereocenters. The SMILES string of the molecule is COc1ccc(C(c2ccccc2OC)N2CCCCC2C(=O)O)cc1. The molecule has 0 radical (unpaired) electrons. The molecule has 1 heterocycles. The number of likely N-dealkylation sites (tertiary alicyclic amines) is 1. The first-order valence-corrected chi connectivity index (χ1v) is 8.91. The molecule has 2 aromatic rings. The second kappa shape index (κ2) is 8.23. The molecule has 1 aliphatic rings. The second-order valence-corrected chi connectivity index (χ2v) is 6.51. The van der Waals surface area contributed by atoms with Gasteiger partial charge in [0.1, 0.15) is 17.5 Å². The van der Waals surface area contributed by atoms with Crippen LogP contribution in [0.5, 0.6) is 11.5 Å². The number of piperidine rings is 1. The number of methoxy groups -OCH3 is 2. The molecular weight excluding hydrogens is 330 g/mol. The van der Waals surface area contributed by atoms with Gasteiger partial charge < -0.3 is 14.6 Å². The maximum atomic E-state index is 11.9. The highest BCUT2D eigenvalue weighted by Crippen LogP contribution is 2.38. The first-order valence-electron chi connectivity index (χ1n) is 8.91. The Balaban J connectivity index is 2.09. The molecule has 3 rings (SSSR count). The van der Waals surface area contributed by atoms with Crippen molar-refractivity contribution < 1.29 is 19.4 Å². The highest BCUT2D eigenvalue weighted by atomic mass is 16.5. The normalized spacial score (nSPS) is 18.9. The number of para-hydroxylation sites is 1. The highest BCUT2D eigenvalue weighted by molar-refractivity contribution is 5.73. The molecule has 1 aliphatic heterocycles. The molecule has 26 heavy (non-hydrogen) atoms. The largest absolute Gasteiger partial charge is 0.497 e. The van der Waals surface area contributed by atoms with E-state index in [1.807, 2.05) is 48.5 Å². The van der Waals surface area contributed by atoms with Gasteiger partial charge in [-0.3, -0.25) is 9.69 Å². The van der Waals surface area contributed by atoms with E-state index in [2.05, 4.69) is 4.90 Å². The summed E-state index contributed by atoms with van der Waals surface area (Å²) in [6, 6.07) is 15.0. The average molecular weight is 355 g/mol. The molecule has 0 bridgehead atoms. The van der Waals surface area contributed by atoms with Crippen LogP contribution in [0, 0.1) is 0 Å². The van der Waals surface area contributed by atoms with E-state index in [0.29, 0.717) is 6.42 Å². The number of aliphatic carboxylic acids is 1. The lowest BCUT2D eigenvalue weighted by Gasteiger charge is -2.40. The fraction of sp³-hybridized carbons (Fsp3) is 0.381. The van der Waals surface area contributed by atoms with E-state index in [9.17, 15) is 9.90 Å². The van der Waals surface area contributed by atoms with Gasteiger partial charge in [0.15, 0.2) is 0 Å². The third-order valence-electron chi connectivity index (χ3n) is 5.03. The summed E-state index contributed by atoms with van der Waals surface area (Å²) in [4.78, 5) is 14.0. The van der Waals surface area contributed by atoms with E-state index < -0.39 is 12.0 Å². The maximum Gasteiger partial charge on any atom is 0.320 e. The van der Waals surface area contributed by atoms with Crippen LogP contribution in [0.1, 0.15) is 36.4 Å². The van der Waals surface area contributed by atoms with Crippen LogP contribution in [0.25, 0.3) is 0 Å². The molecule has 2 unspecified atom stereocenters. The minimum atomic E-state index is -0.766.